The minimum absolute atomic E-state index is 0.170. The molecule has 2 N–H and O–H groups in total. The summed E-state index contributed by atoms with van der Waals surface area (Å²) in [5, 5.41) is 0. The van der Waals surface area contributed by atoms with Crippen molar-refractivity contribution in [3.8, 4) is 22.8 Å². The molecule has 5 nitrogen and oxygen atoms in total. The maximum atomic E-state index is 6.10. The summed E-state index contributed by atoms with van der Waals surface area (Å²) < 4.78 is 16.9. The van der Waals surface area contributed by atoms with Crippen LogP contribution in [0.2, 0.25) is 0 Å². The average Bonchev–Trinajstić information content (AvgIpc) is 2.96. The summed E-state index contributed by atoms with van der Waals surface area (Å²) in [6.45, 7) is 5.41. The van der Waals surface area contributed by atoms with Crippen LogP contribution in [0, 0.1) is 5.92 Å². The van der Waals surface area contributed by atoms with Gasteiger partial charge in [-0.15, -0.1) is 0 Å². The number of benzene rings is 1. The predicted molar refractivity (Wildman–Crippen MR) is 79.3 cm³/mol. The smallest absolute Gasteiger partial charge is 0.211 e. The van der Waals surface area contributed by atoms with Gasteiger partial charge in [-0.1, -0.05) is 13.8 Å². The van der Waals surface area contributed by atoms with Gasteiger partial charge in [0.2, 0.25) is 5.89 Å². The van der Waals surface area contributed by atoms with Crippen LogP contribution in [-0.2, 0) is 0 Å². The highest BCUT2D eigenvalue weighted by Crippen LogP contribution is 2.35. The molecule has 0 amide bonds. The van der Waals surface area contributed by atoms with Gasteiger partial charge >= 0.3 is 0 Å². The van der Waals surface area contributed by atoms with Gasteiger partial charge in [-0.3, -0.25) is 0 Å². The van der Waals surface area contributed by atoms with Gasteiger partial charge in [0.25, 0.3) is 0 Å². The van der Waals surface area contributed by atoms with Crippen molar-refractivity contribution in [1.82, 2.24) is 4.98 Å². The van der Waals surface area contributed by atoms with Crippen LogP contribution in [0.3, 0.4) is 0 Å². The normalized spacial score (nSPS) is 15.2. The van der Waals surface area contributed by atoms with Crippen LogP contribution >= 0.6 is 0 Å². The lowest BCUT2D eigenvalue weighted by molar-refractivity contribution is 0.171. The fraction of sp³-hybridized carbons (Fsp3) is 0.438. The van der Waals surface area contributed by atoms with Crippen molar-refractivity contribution in [3.05, 3.63) is 30.3 Å². The highest BCUT2D eigenvalue weighted by molar-refractivity contribution is 5.62. The van der Waals surface area contributed by atoms with Crippen LogP contribution in [0.4, 0.5) is 0 Å². The highest BCUT2D eigenvalue weighted by atomic mass is 16.6. The summed E-state index contributed by atoms with van der Waals surface area (Å²) in [5.74, 6) is 3.28. The molecule has 1 aliphatic heterocycles. The third kappa shape index (κ3) is 3.03. The van der Waals surface area contributed by atoms with Crippen LogP contribution in [0.1, 0.15) is 32.2 Å². The summed E-state index contributed by atoms with van der Waals surface area (Å²) in [4.78, 5) is 4.29. The van der Waals surface area contributed by atoms with Crippen molar-refractivity contribution in [1.29, 1.82) is 0 Å². The second-order valence-electron chi connectivity index (χ2n) is 5.66. The zero-order chi connectivity index (χ0) is 14.8. The molecule has 2 heterocycles. The monoisotopic (exact) mass is 288 g/mol. The van der Waals surface area contributed by atoms with Gasteiger partial charge in [0.1, 0.15) is 13.2 Å². The zero-order valence-corrected chi connectivity index (χ0v) is 12.3. The molecule has 21 heavy (non-hydrogen) atoms. The van der Waals surface area contributed by atoms with Crippen LogP contribution in [0.5, 0.6) is 11.5 Å². The molecule has 1 atom stereocenters. The van der Waals surface area contributed by atoms with E-state index in [1.165, 1.54) is 0 Å². The van der Waals surface area contributed by atoms with Crippen molar-refractivity contribution in [2.24, 2.45) is 11.7 Å². The molecule has 0 bridgehead atoms. The topological polar surface area (TPSA) is 70.5 Å². The van der Waals surface area contributed by atoms with Gasteiger partial charge in [0, 0.05) is 5.56 Å². The molecule has 1 aromatic heterocycles. The molecule has 0 saturated carbocycles. The predicted octanol–water partition coefficient (Wildman–Crippen LogP) is 3.16. The first-order valence-corrected chi connectivity index (χ1v) is 7.25. The fourth-order valence-corrected chi connectivity index (χ4v) is 2.40. The maximum Gasteiger partial charge on any atom is 0.211 e. The molecule has 3 rings (SSSR count). The van der Waals surface area contributed by atoms with Crippen molar-refractivity contribution >= 4 is 0 Å². The number of hydrogen-bond donors (Lipinski definition) is 1. The maximum absolute atomic E-state index is 6.10. The number of nitrogens with zero attached hydrogens (tertiary/aromatic N) is 1. The zero-order valence-electron chi connectivity index (χ0n) is 12.3. The molecule has 0 aliphatic carbocycles. The first-order valence-electron chi connectivity index (χ1n) is 7.25. The van der Waals surface area contributed by atoms with E-state index in [1.54, 1.807) is 6.20 Å². The van der Waals surface area contributed by atoms with E-state index in [-0.39, 0.29) is 6.04 Å². The van der Waals surface area contributed by atoms with Crippen LogP contribution in [0.25, 0.3) is 11.3 Å². The number of fused-ring (bicyclic) bond motifs is 1. The second-order valence-corrected chi connectivity index (χ2v) is 5.66. The first kappa shape index (κ1) is 13.9. The van der Waals surface area contributed by atoms with Crippen LogP contribution in [-0.4, -0.2) is 18.2 Å². The SMILES string of the molecule is CC(C)CC(N)c1ncc(-c2ccc3c(c2)OCCO3)o1. The quantitative estimate of drug-likeness (QED) is 0.935. The van der Waals surface area contributed by atoms with Crippen molar-refractivity contribution in [2.75, 3.05) is 13.2 Å². The number of rotatable bonds is 4. The largest absolute Gasteiger partial charge is 0.486 e. The first-order chi connectivity index (χ1) is 10.1. The van der Waals surface area contributed by atoms with E-state index in [4.69, 9.17) is 19.6 Å². The van der Waals surface area contributed by atoms with E-state index in [1.807, 2.05) is 18.2 Å². The Morgan fingerprint density at radius 1 is 1.19 bits per heavy atom. The lowest BCUT2D eigenvalue weighted by Gasteiger charge is -2.18. The minimum atomic E-state index is -0.170. The Hall–Kier alpha value is -2.01. The molecule has 2 aromatic rings. The van der Waals surface area contributed by atoms with Gasteiger partial charge in [0.15, 0.2) is 17.3 Å². The van der Waals surface area contributed by atoms with Gasteiger partial charge in [0.05, 0.1) is 12.2 Å². The van der Waals surface area contributed by atoms with Crippen LogP contribution in [0.15, 0.2) is 28.8 Å². The fourth-order valence-electron chi connectivity index (χ4n) is 2.40. The van der Waals surface area contributed by atoms with Crippen molar-refractivity contribution < 1.29 is 13.9 Å². The van der Waals surface area contributed by atoms with Crippen LogP contribution < -0.4 is 15.2 Å². The Kier molecular flexibility index (Phi) is 3.84. The molecular formula is C16H20N2O3. The third-order valence-electron chi connectivity index (χ3n) is 3.39. The Morgan fingerprint density at radius 2 is 1.95 bits per heavy atom. The van der Waals surface area contributed by atoms with E-state index >= 15 is 0 Å². The molecule has 0 saturated heterocycles. The summed E-state index contributed by atoms with van der Waals surface area (Å²) in [6, 6.07) is 5.56. The Labute approximate surface area is 124 Å². The molecule has 1 unspecified atom stereocenters. The molecule has 0 radical (unpaired) electrons. The molecule has 0 spiro atoms. The summed E-state index contributed by atoms with van der Waals surface area (Å²) in [5.41, 5.74) is 7.01. The second kappa shape index (κ2) is 5.77. The standard InChI is InChI=1S/C16H20N2O3/c1-10(2)7-12(17)16-18-9-15(21-16)11-3-4-13-14(8-11)20-6-5-19-13/h3-4,8-10,12H,5-7,17H2,1-2H3. The highest BCUT2D eigenvalue weighted by Gasteiger charge is 2.17. The lowest BCUT2D eigenvalue weighted by atomic mass is 10.0. The summed E-state index contributed by atoms with van der Waals surface area (Å²) >= 11 is 0. The number of aromatic nitrogens is 1. The van der Waals surface area contributed by atoms with E-state index in [0.717, 1.165) is 23.5 Å². The van der Waals surface area contributed by atoms with E-state index in [9.17, 15) is 0 Å². The molecule has 112 valence electrons. The summed E-state index contributed by atoms with van der Waals surface area (Å²) in [7, 11) is 0. The lowest BCUT2D eigenvalue weighted by Crippen LogP contribution is -2.15. The molecule has 0 fully saturated rings. The van der Waals surface area contributed by atoms with Gasteiger partial charge in [-0.05, 0) is 30.5 Å². The third-order valence-corrected chi connectivity index (χ3v) is 3.39. The van der Waals surface area contributed by atoms with Gasteiger partial charge in [-0.2, -0.15) is 0 Å². The van der Waals surface area contributed by atoms with E-state index in [0.29, 0.717) is 30.8 Å². The van der Waals surface area contributed by atoms with Crippen molar-refractivity contribution in [2.45, 2.75) is 26.3 Å². The minimum Gasteiger partial charge on any atom is -0.486 e. The average molecular weight is 288 g/mol. The number of ether oxygens (including phenoxy) is 2. The van der Waals surface area contributed by atoms with Crippen molar-refractivity contribution in [3.63, 3.8) is 0 Å². The molecule has 5 heteroatoms. The number of oxazole rings is 1. The Balaban J connectivity index is 1.83. The molecular weight excluding hydrogens is 268 g/mol. The van der Waals surface area contributed by atoms with E-state index < -0.39 is 0 Å². The Bertz CT molecular complexity index is 622. The van der Waals surface area contributed by atoms with Gasteiger partial charge in [-0.25, -0.2) is 4.98 Å². The number of nitrogens with two attached hydrogens (primary N) is 1. The molecule has 1 aliphatic rings. The summed E-state index contributed by atoms with van der Waals surface area (Å²) in [6.07, 6.45) is 2.56. The Morgan fingerprint density at radius 3 is 2.71 bits per heavy atom. The van der Waals surface area contributed by atoms with Gasteiger partial charge < -0.3 is 19.6 Å². The molecule has 1 aromatic carbocycles. The van der Waals surface area contributed by atoms with E-state index in [2.05, 4.69) is 18.8 Å². The number of hydrogen-bond acceptors (Lipinski definition) is 5.